The van der Waals surface area contributed by atoms with E-state index in [0.717, 1.165) is 12.8 Å². The van der Waals surface area contributed by atoms with Crippen LogP contribution in [0.4, 0.5) is 0 Å². The van der Waals surface area contributed by atoms with Crippen molar-refractivity contribution in [2.75, 3.05) is 0 Å². The fourth-order valence-corrected chi connectivity index (χ4v) is 5.96. The fourth-order valence-electron chi connectivity index (χ4n) is 5.96. The van der Waals surface area contributed by atoms with Gasteiger partial charge in [0, 0.05) is 10.8 Å². The molecule has 2 atom stereocenters. The number of nitrogens with zero attached hydrogens (tertiary/aromatic N) is 2. The average Bonchev–Trinajstić information content (AvgIpc) is 3.06. The molecule has 0 radical (unpaired) electrons. The van der Waals surface area contributed by atoms with Gasteiger partial charge in [-0.2, -0.15) is 4.40 Å². The van der Waals surface area contributed by atoms with Crippen molar-refractivity contribution >= 4 is 27.5 Å². The number of pyridine rings is 1. The van der Waals surface area contributed by atoms with Crippen molar-refractivity contribution in [3.8, 4) is 0 Å². The minimum atomic E-state index is 0.00783. The summed E-state index contributed by atoms with van der Waals surface area (Å²) >= 11 is 0. The normalized spacial score (nSPS) is 24.2. The Morgan fingerprint density at radius 1 is 0.931 bits per heavy atom. The summed E-state index contributed by atoms with van der Waals surface area (Å²) in [5.74, 6) is 0. The van der Waals surface area contributed by atoms with Crippen LogP contribution in [0.25, 0.3) is 27.5 Å². The Labute approximate surface area is 174 Å². The van der Waals surface area contributed by atoms with Crippen molar-refractivity contribution in [3.63, 3.8) is 0 Å². The van der Waals surface area contributed by atoms with Gasteiger partial charge in [-0.3, -0.25) is 0 Å². The molecule has 0 N–H and O–H groups in total. The summed E-state index contributed by atoms with van der Waals surface area (Å²) in [4.78, 5) is 0. The number of benzene rings is 2. The molecule has 0 bridgehead atoms. The minimum Gasteiger partial charge on any atom is -0.216 e. The third kappa shape index (κ3) is 2.05. The van der Waals surface area contributed by atoms with E-state index < -0.39 is 0 Å². The lowest BCUT2D eigenvalue weighted by atomic mass is 9.62. The number of hydrogen-bond donors (Lipinski definition) is 0. The van der Waals surface area contributed by atoms with Gasteiger partial charge < -0.3 is 0 Å². The smallest absolute Gasteiger partial charge is 0.216 e. The van der Waals surface area contributed by atoms with Crippen molar-refractivity contribution in [2.45, 2.75) is 77.7 Å². The van der Waals surface area contributed by atoms with Crippen molar-refractivity contribution in [3.05, 3.63) is 59.8 Å². The van der Waals surface area contributed by atoms with Crippen LogP contribution in [-0.4, -0.2) is 4.40 Å². The zero-order valence-electron chi connectivity index (χ0n) is 18.9. The van der Waals surface area contributed by atoms with Gasteiger partial charge in [-0.1, -0.05) is 71.9 Å². The summed E-state index contributed by atoms with van der Waals surface area (Å²) in [5.41, 5.74) is 7.08. The quantitative estimate of drug-likeness (QED) is 0.342. The van der Waals surface area contributed by atoms with Crippen LogP contribution in [-0.2, 0) is 16.4 Å². The van der Waals surface area contributed by atoms with Crippen LogP contribution in [0.5, 0.6) is 0 Å². The molecule has 150 valence electrons. The molecule has 0 saturated heterocycles. The first-order chi connectivity index (χ1) is 13.7. The molecule has 2 aromatic carbocycles. The molecule has 1 aliphatic heterocycles. The third-order valence-corrected chi connectivity index (χ3v) is 8.08. The van der Waals surface area contributed by atoms with E-state index >= 15 is 0 Å². The highest BCUT2D eigenvalue weighted by Gasteiger charge is 2.55. The number of fused-ring (bicyclic) bond motifs is 3. The molecule has 2 unspecified atom stereocenters. The third-order valence-electron chi connectivity index (χ3n) is 8.08. The lowest BCUT2D eigenvalue weighted by Gasteiger charge is -2.47. The van der Waals surface area contributed by atoms with E-state index in [2.05, 4.69) is 106 Å². The second-order valence-electron chi connectivity index (χ2n) is 10.3. The maximum atomic E-state index is 2.69. The summed E-state index contributed by atoms with van der Waals surface area (Å²) in [7, 11) is 0. The first-order valence-corrected chi connectivity index (χ1v) is 11.1. The van der Waals surface area contributed by atoms with Gasteiger partial charge in [0.15, 0.2) is 11.0 Å². The second-order valence-corrected chi connectivity index (χ2v) is 10.3. The van der Waals surface area contributed by atoms with E-state index in [4.69, 9.17) is 0 Å². The van der Waals surface area contributed by atoms with Gasteiger partial charge in [-0.05, 0) is 48.9 Å². The first-order valence-electron chi connectivity index (χ1n) is 11.1. The highest BCUT2D eigenvalue weighted by Crippen LogP contribution is 2.50. The molecule has 0 spiro atoms. The summed E-state index contributed by atoms with van der Waals surface area (Å²) in [6.07, 6.45) is 2.22. The Bertz CT molecular complexity index is 1290. The Hall–Kier alpha value is -2.35. The lowest BCUT2D eigenvalue weighted by Crippen LogP contribution is -2.66. The van der Waals surface area contributed by atoms with Gasteiger partial charge >= 0.3 is 0 Å². The number of imidazole rings is 1. The van der Waals surface area contributed by atoms with Gasteiger partial charge in [-0.25, -0.2) is 4.57 Å². The molecule has 29 heavy (non-hydrogen) atoms. The van der Waals surface area contributed by atoms with Gasteiger partial charge in [0.25, 0.3) is 5.65 Å². The number of rotatable bonds is 2. The van der Waals surface area contributed by atoms with E-state index in [1.54, 1.807) is 0 Å². The number of hydrogen-bond acceptors (Lipinski definition) is 0. The first kappa shape index (κ1) is 18.7. The molecule has 0 amide bonds. The fraction of sp³-hybridized carbons (Fsp3) is 0.444. The van der Waals surface area contributed by atoms with Crippen molar-refractivity contribution < 1.29 is 4.57 Å². The van der Waals surface area contributed by atoms with Crippen LogP contribution in [0.15, 0.2) is 48.5 Å². The van der Waals surface area contributed by atoms with E-state index in [1.165, 1.54) is 38.7 Å². The van der Waals surface area contributed by atoms with E-state index in [1.807, 2.05) is 0 Å². The zero-order chi connectivity index (χ0) is 20.8. The molecule has 2 aromatic heterocycles. The van der Waals surface area contributed by atoms with Gasteiger partial charge in [0.2, 0.25) is 0 Å². The summed E-state index contributed by atoms with van der Waals surface area (Å²) in [6, 6.07) is 18.4. The zero-order valence-corrected chi connectivity index (χ0v) is 18.9. The largest absolute Gasteiger partial charge is 0.296 e. The molecule has 0 saturated carbocycles. The van der Waals surface area contributed by atoms with Crippen molar-refractivity contribution in [2.24, 2.45) is 0 Å². The molecular formula is C27H33N2+. The van der Waals surface area contributed by atoms with Crippen LogP contribution >= 0.6 is 0 Å². The molecule has 3 heterocycles. The second kappa shape index (κ2) is 5.62. The van der Waals surface area contributed by atoms with E-state index in [9.17, 15) is 0 Å². The lowest BCUT2D eigenvalue weighted by molar-refractivity contribution is -0.728. The molecule has 2 nitrogen and oxygen atoms in total. The molecule has 4 aromatic rings. The topological polar surface area (TPSA) is 8.29 Å². The van der Waals surface area contributed by atoms with Gasteiger partial charge in [0.1, 0.15) is 11.2 Å². The van der Waals surface area contributed by atoms with Crippen molar-refractivity contribution in [1.29, 1.82) is 0 Å². The highest BCUT2D eigenvalue weighted by molar-refractivity contribution is 6.00. The van der Waals surface area contributed by atoms with Crippen LogP contribution in [0, 0.1) is 0 Å². The van der Waals surface area contributed by atoms with Crippen LogP contribution in [0.1, 0.15) is 72.6 Å². The summed E-state index contributed by atoms with van der Waals surface area (Å²) in [5, 5.41) is 2.81. The molecular weight excluding hydrogens is 352 g/mol. The van der Waals surface area contributed by atoms with Crippen LogP contribution in [0.2, 0.25) is 0 Å². The van der Waals surface area contributed by atoms with Crippen LogP contribution in [0.3, 0.4) is 0 Å². The average molecular weight is 386 g/mol. The van der Waals surface area contributed by atoms with E-state index in [-0.39, 0.29) is 16.4 Å². The van der Waals surface area contributed by atoms with Gasteiger partial charge in [0.05, 0.1) is 5.39 Å². The monoisotopic (exact) mass is 385 g/mol. The Balaban J connectivity index is 2.20. The Morgan fingerprint density at radius 2 is 1.66 bits per heavy atom. The predicted octanol–water partition coefficient (Wildman–Crippen LogP) is 6.64. The molecule has 0 fully saturated rings. The molecule has 2 heteroatoms. The van der Waals surface area contributed by atoms with E-state index in [0.29, 0.717) is 0 Å². The minimum absolute atomic E-state index is 0.00783. The summed E-state index contributed by atoms with van der Waals surface area (Å²) in [6.45, 7) is 16.7. The highest BCUT2D eigenvalue weighted by atomic mass is 15.2. The van der Waals surface area contributed by atoms with Crippen molar-refractivity contribution in [1.82, 2.24) is 4.40 Å². The molecule has 1 aliphatic rings. The predicted molar refractivity (Wildman–Crippen MR) is 123 cm³/mol. The summed E-state index contributed by atoms with van der Waals surface area (Å²) < 4.78 is 5.25. The maximum absolute atomic E-state index is 2.69. The molecule has 5 rings (SSSR count). The Kier molecular flexibility index (Phi) is 3.62. The number of aromatic nitrogens is 2. The Morgan fingerprint density at radius 3 is 2.31 bits per heavy atom. The molecule has 0 aliphatic carbocycles. The number of para-hydroxylation sites is 2. The SMILES string of the molecule is CCC1(C)c2cccc3cc(C(C)(C)C)n4c5ccccc5[n+](c4c23)C1(C)CC. The standard InChI is InChI=1S/C27H33N2/c1-8-26(6)19-14-12-13-18-17-22(25(3,4)5)28-20-15-10-11-16-21(20)29(24(28)23(18)19)27(26,7)9-2/h10-17H,8-9H2,1-7H3/q+1. The van der Waals surface area contributed by atoms with Gasteiger partial charge in [-0.15, -0.1) is 0 Å². The maximum Gasteiger partial charge on any atom is 0.296 e. The van der Waals surface area contributed by atoms with Crippen LogP contribution < -0.4 is 4.57 Å².